The van der Waals surface area contributed by atoms with Crippen LogP contribution in [0.2, 0.25) is 0 Å². The van der Waals surface area contributed by atoms with Gasteiger partial charge in [0.25, 0.3) is 0 Å². The number of thioether (sulfide) groups is 1. The molecule has 0 saturated heterocycles. The van der Waals surface area contributed by atoms with E-state index in [1.807, 2.05) is 6.92 Å². The highest BCUT2D eigenvalue weighted by Crippen LogP contribution is 2.09. The monoisotopic (exact) mass is 174 g/mol. The van der Waals surface area contributed by atoms with Gasteiger partial charge in [0.15, 0.2) is 0 Å². The fourth-order valence-electron chi connectivity index (χ4n) is 0.468. The quantitative estimate of drug-likeness (QED) is 0.484. The maximum absolute atomic E-state index is 10.7. The van der Waals surface area contributed by atoms with Gasteiger partial charge in [0.2, 0.25) is 0 Å². The number of carbonyl (C=O) groups excluding carboxylic acids is 1. The van der Waals surface area contributed by atoms with Gasteiger partial charge in [0.1, 0.15) is 0 Å². The molecule has 11 heavy (non-hydrogen) atoms. The summed E-state index contributed by atoms with van der Waals surface area (Å²) in [5.74, 6) is 0.772. The maximum Gasteiger partial charge on any atom is 0.367 e. The van der Waals surface area contributed by atoms with E-state index < -0.39 is 0 Å². The van der Waals surface area contributed by atoms with Crippen LogP contribution in [0.4, 0.5) is 4.79 Å². The molecule has 3 heteroatoms. The van der Waals surface area contributed by atoms with Gasteiger partial charge in [-0.3, -0.25) is 0 Å². The second kappa shape index (κ2) is 6.28. The lowest BCUT2D eigenvalue weighted by atomic mass is 10.3. The summed E-state index contributed by atoms with van der Waals surface area (Å²) in [5, 5.41) is -0.186. The average molecular weight is 174 g/mol. The fraction of sp³-hybridized carbons (Fsp3) is 0.625. The van der Waals surface area contributed by atoms with E-state index in [-0.39, 0.29) is 5.30 Å². The van der Waals surface area contributed by atoms with Crippen molar-refractivity contribution in [3.8, 4) is 0 Å². The number of rotatable bonds is 4. The van der Waals surface area contributed by atoms with Crippen LogP contribution in [0.1, 0.15) is 20.3 Å². The molecule has 0 aromatic carbocycles. The van der Waals surface area contributed by atoms with Crippen LogP contribution < -0.4 is 0 Å². The first kappa shape index (κ1) is 10.6. The third-order valence-corrected chi connectivity index (χ3v) is 1.77. The predicted molar refractivity (Wildman–Crippen MR) is 48.9 cm³/mol. The molecule has 0 radical (unpaired) electrons. The van der Waals surface area contributed by atoms with Crippen LogP contribution in [0.15, 0.2) is 12.2 Å². The summed E-state index contributed by atoms with van der Waals surface area (Å²) in [7, 11) is 0. The second-order valence-electron chi connectivity index (χ2n) is 2.24. The summed E-state index contributed by atoms with van der Waals surface area (Å²) in [6.07, 6.45) is 0.878. The van der Waals surface area contributed by atoms with Crippen LogP contribution >= 0.6 is 11.8 Å². The van der Waals surface area contributed by atoms with Gasteiger partial charge in [-0.1, -0.05) is 5.57 Å². The van der Waals surface area contributed by atoms with Gasteiger partial charge in [0.05, 0.1) is 6.61 Å². The standard InChI is InChI=1S/C8H14O2S/c1-4-10-8(9)11-6-5-7(2)3/h2,4-6H2,1,3H3. The summed E-state index contributed by atoms with van der Waals surface area (Å²) < 4.78 is 4.72. The lowest BCUT2D eigenvalue weighted by molar-refractivity contribution is 0.181. The highest BCUT2D eigenvalue weighted by atomic mass is 32.2. The summed E-state index contributed by atoms with van der Waals surface area (Å²) in [6.45, 7) is 7.94. The minimum Gasteiger partial charge on any atom is -0.458 e. The van der Waals surface area contributed by atoms with Crippen molar-refractivity contribution in [2.24, 2.45) is 0 Å². The molecule has 64 valence electrons. The Bertz CT molecular complexity index is 143. The third-order valence-electron chi connectivity index (χ3n) is 1.01. The summed E-state index contributed by atoms with van der Waals surface area (Å²) in [5.41, 5.74) is 1.10. The maximum atomic E-state index is 10.7. The molecule has 0 rings (SSSR count). The van der Waals surface area contributed by atoms with Crippen LogP contribution in [0.3, 0.4) is 0 Å². The SMILES string of the molecule is C=C(C)CCSC(=O)OCC. The number of hydrogen-bond donors (Lipinski definition) is 0. The normalized spacial score (nSPS) is 9.27. The van der Waals surface area contributed by atoms with Crippen molar-refractivity contribution in [2.75, 3.05) is 12.4 Å². The first-order valence-electron chi connectivity index (χ1n) is 3.60. The molecule has 0 N–H and O–H groups in total. The number of hydrogen-bond acceptors (Lipinski definition) is 3. The summed E-state index contributed by atoms with van der Waals surface area (Å²) in [6, 6.07) is 0. The van der Waals surface area contributed by atoms with Gasteiger partial charge < -0.3 is 4.74 Å². The Morgan fingerprint density at radius 2 is 2.27 bits per heavy atom. The lowest BCUT2D eigenvalue weighted by Gasteiger charge is -1.99. The molecule has 0 atom stereocenters. The Kier molecular flexibility index (Phi) is 6.03. The molecule has 2 nitrogen and oxygen atoms in total. The van der Waals surface area contributed by atoms with Gasteiger partial charge in [-0.15, -0.1) is 6.58 Å². The third kappa shape index (κ3) is 7.46. The van der Waals surface area contributed by atoms with Gasteiger partial charge in [-0.2, -0.15) is 0 Å². The van der Waals surface area contributed by atoms with E-state index in [9.17, 15) is 4.79 Å². The van der Waals surface area contributed by atoms with E-state index >= 15 is 0 Å². The topological polar surface area (TPSA) is 26.3 Å². The first-order valence-corrected chi connectivity index (χ1v) is 4.59. The number of carbonyl (C=O) groups is 1. The molecule has 0 fully saturated rings. The summed E-state index contributed by atoms with van der Waals surface area (Å²) >= 11 is 1.21. The zero-order valence-electron chi connectivity index (χ0n) is 7.05. The van der Waals surface area contributed by atoms with Crippen LogP contribution in [0.5, 0.6) is 0 Å². The Morgan fingerprint density at radius 1 is 1.64 bits per heavy atom. The highest BCUT2D eigenvalue weighted by Gasteiger charge is 2.00. The van der Waals surface area contributed by atoms with Crippen LogP contribution in [0.25, 0.3) is 0 Å². The van der Waals surface area contributed by atoms with E-state index in [1.165, 1.54) is 11.8 Å². The van der Waals surface area contributed by atoms with Gasteiger partial charge >= 0.3 is 5.30 Å². The Morgan fingerprint density at radius 3 is 2.73 bits per heavy atom. The predicted octanol–water partition coefficient (Wildman–Crippen LogP) is 2.84. The van der Waals surface area contributed by atoms with Crippen LogP contribution in [-0.4, -0.2) is 17.7 Å². The molecule has 0 aromatic rings. The molecular formula is C8H14O2S. The van der Waals surface area contributed by atoms with Crippen molar-refractivity contribution in [1.29, 1.82) is 0 Å². The summed E-state index contributed by atoms with van der Waals surface area (Å²) in [4.78, 5) is 10.7. The van der Waals surface area contributed by atoms with Gasteiger partial charge in [0, 0.05) is 5.75 Å². The van der Waals surface area contributed by atoms with Crippen molar-refractivity contribution in [1.82, 2.24) is 0 Å². The Balaban J connectivity index is 3.24. The fourth-order valence-corrected chi connectivity index (χ4v) is 1.29. The van der Waals surface area contributed by atoms with E-state index in [0.717, 1.165) is 17.7 Å². The van der Waals surface area contributed by atoms with E-state index in [2.05, 4.69) is 6.58 Å². The minimum absolute atomic E-state index is 0.186. The molecule has 0 aromatic heterocycles. The smallest absolute Gasteiger partial charge is 0.367 e. The van der Waals surface area contributed by atoms with Crippen molar-refractivity contribution >= 4 is 17.1 Å². The van der Waals surface area contributed by atoms with Crippen LogP contribution in [0, 0.1) is 0 Å². The zero-order valence-corrected chi connectivity index (χ0v) is 7.87. The van der Waals surface area contributed by atoms with Crippen molar-refractivity contribution < 1.29 is 9.53 Å². The van der Waals surface area contributed by atoms with Crippen LogP contribution in [-0.2, 0) is 4.74 Å². The molecule has 0 amide bonds. The Labute approximate surface area is 72.0 Å². The van der Waals surface area contributed by atoms with Gasteiger partial charge in [-0.05, 0) is 32.0 Å². The van der Waals surface area contributed by atoms with Gasteiger partial charge in [-0.25, -0.2) is 4.79 Å². The zero-order chi connectivity index (χ0) is 8.69. The lowest BCUT2D eigenvalue weighted by Crippen LogP contribution is -1.97. The molecule has 0 bridgehead atoms. The molecular weight excluding hydrogens is 160 g/mol. The molecule has 0 aliphatic rings. The average Bonchev–Trinajstić information content (AvgIpc) is 1.87. The number of allylic oxidation sites excluding steroid dienone is 1. The molecule has 0 spiro atoms. The molecule has 0 unspecified atom stereocenters. The van der Waals surface area contributed by atoms with Crippen molar-refractivity contribution in [3.63, 3.8) is 0 Å². The Hall–Kier alpha value is -0.440. The largest absolute Gasteiger partial charge is 0.458 e. The minimum atomic E-state index is -0.186. The van der Waals surface area contributed by atoms with Crippen molar-refractivity contribution in [3.05, 3.63) is 12.2 Å². The van der Waals surface area contributed by atoms with E-state index in [1.54, 1.807) is 6.92 Å². The molecule has 0 aliphatic heterocycles. The van der Waals surface area contributed by atoms with E-state index in [0.29, 0.717) is 6.61 Å². The molecule has 0 heterocycles. The molecule has 0 saturated carbocycles. The second-order valence-corrected chi connectivity index (χ2v) is 3.27. The number of ether oxygens (including phenoxy) is 1. The first-order chi connectivity index (χ1) is 5.16. The molecule has 0 aliphatic carbocycles. The highest BCUT2D eigenvalue weighted by molar-refractivity contribution is 8.13. The van der Waals surface area contributed by atoms with Crippen molar-refractivity contribution in [2.45, 2.75) is 20.3 Å². The van der Waals surface area contributed by atoms with E-state index in [4.69, 9.17) is 4.74 Å².